The summed E-state index contributed by atoms with van der Waals surface area (Å²) >= 11 is 0. The fourth-order valence-corrected chi connectivity index (χ4v) is 2.88. The zero-order chi connectivity index (χ0) is 25.6. The summed E-state index contributed by atoms with van der Waals surface area (Å²) in [5.41, 5.74) is 0.977. The number of carboxylic acid groups (broad SMARTS) is 2. The van der Waals surface area contributed by atoms with Crippen LogP contribution in [0.1, 0.15) is 66.8 Å². The van der Waals surface area contributed by atoms with Crippen LogP contribution in [0, 0.1) is 0 Å². The second-order valence-corrected chi connectivity index (χ2v) is 7.25. The molecule has 0 aliphatic heterocycles. The number of hydrogen-bond donors (Lipinski definition) is 2. The number of ether oxygens (including phenoxy) is 2. The molecule has 0 saturated carbocycles. The second-order valence-electron chi connectivity index (χ2n) is 7.25. The van der Waals surface area contributed by atoms with Crippen LogP contribution in [0.2, 0.25) is 0 Å². The molecular formula is C27H26O8. The molecule has 0 radical (unpaired) electrons. The van der Waals surface area contributed by atoms with Gasteiger partial charge in [0.05, 0.1) is 28.9 Å². The molecule has 2 N–H and O–H groups in total. The Labute approximate surface area is 202 Å². The molecule has 0 fully saturated rings. The minimum Gasteiger partial charge on any atom is -0.478 e. The minimum absolute atomic E-state index is 0.166. The van der Waals surface area contributed by atoms with Crippen molar-refractivity contribution in [2.24, 2.45) is 0 Å². The van der Waals surface area contributed by atoms with Gasteiger partial charge in [-0.15, -0.1) is 0 Å². The van der Waals surface area contributed by atoms with Gasteiger partial charge in [0.1, 0.15) is 6.61 Å². The molecule has 3 aromatic carbocycles. The number of benzene rings is 3. The van der Waals surface area contributed by atoms with E-state index >= 15 is 0 Å². The predicted molar refractivity (Wildman–Crippen MR) is 128 cm³/mol. The number of carbonyl (C=O) groups excluding carboxylic acids is 2. The van der Waals surface area contributed by atoms with Gasteiger partial charge >= 0.3 is 23.9 Å². The zero-order valence-electron chi connectivity index (χ0n) is 19.2. The van der Waals surface area contributed by atoms with Crippen LogP contribution in [-0.2, 0) is 16.1 Å². The highest BCUT2D eigenvalue weighted by Gasteiger charge is 2.19. The highest BCUT2D eigenvalue weighted by atomic mass is 16.5. The topological polar surface area (TPSA) is 127 Å². The largest absolute Gasteiger partial charge is 0.478 e. The monoisotopic (exact) mass is 478 g/mol. The maximum absolute atomic E-state index is 12.2. The fourth-order valence-electron chi connectivity index (χ4n) is 2.88. The molecule has 35 heavy (non-hydrogen) atoms. The van der Waals surface area contributed by atoms with Crippen molar-refractivity contribution in [3.63, 3.8) is 0 Å². The first-order valence-electron chi connectivity index (χ1n) is 10.9. The summed E-state index contributed by atoms with van der Waals surface area (Å²) in [7, 11) is 0. The summed E-state index contributed by atoms with van der Waals surface area (Å²) in [4.78, 5) is 45.3. The molecule has 8 heteroatoms. The van der Waals surface area contributed by atoms with Gasteiger partial charge < -0.3 is 19.7 Å². The van der Waals surface area contributed by atoms with Crippen LogP contribution in [0.15, 0.2) is 78.9 Å². The molecule has 0 aliphatic carbocycles. The summed E-state index contributed by atoms with van der Waals surface area (Å²) in [6.45, 7) is 2.53. The highest BCUT2D eigenvalue weighted by molar-refractivity contribution is 6.03. The molecule has 0 bridgehead atoms. The third-order valence-electron chi connectivity index (χ3n) is 4.70. The van der Waals surface area contributed by atoms with Gasteiger partial charge in [-0.1, -0.05) is 67.9 Å². The third-order valence-corrected chi connectivity index (χ3v) is 4.70. The van der Waals surface area contributed by atoms with E-state index < -0.39 is 23.9 Å². The molecule has 0 spiro atoms. The fraction of sp³-hybridized carbons (Fsp3) is 0.185. The van der Waals surface area contributed by atoms with E-state index in [4.69, 9.17) is 19.7 Å². The quantitative estimate of drug-likeness (QED) is 0.322. The van der Waals surface area contributed by atoms with Crippen LogP contribution >= 0.6 is 0 Å². The molecule has 0 amide bonds. The molecule has 8 nitrogen and oxygen atoms in total. The summed E-state index contributed by atoms with van der Waals surface area (Å²) < 4.78 is 10.5. The first-order valence-corrected chi connectivity index (χ1v) is 10.9. The third kappa shape index (κ3) is 8.43. The number of hydrogen-bond acceptors (Lipinski definition) is 6. The Hall–Kier alpha value is -4.46. The van der Waals surface area contributed by atoms with Crippen LogP contribution in [-0.4, -0.2) is 40.7 Å². The molecule has 3 aromatic rings. The number of rotatable bonds is 9. The lowest BCUT2D eigenvalue weighted by Gasteiger charge is -2.09. The zero-order valence-corrected chi connectivity index (χ0v) is 19.2. The van der Waals surface area contributed by atoms with Crippen molar-refractivity contribution in [2.45, 2.75) is 26.4 Å². The van der Waals surface area contributed by atoms with Crippen LogP contribution in [0.3, 0.4) is 0 Å². The summed E-state index contributed by atoms with van der Waals surface area (Å²) in [6, 6.07) is 21.4. The van der Waals surface area contributed by atoms with Crippen LogP contribution in [0.5, 0.6) is 0 Å². The summed E-state index contributed by atoms with van der Waals surface area (Å²) in [5, 5.41) is 17.1. The Bertz CT molecular complexity index is 1120. The minimum atomic E-state index is -1.23. The van der Waals surface area contributed by atoms with E-state index in [2.05, 4.69) is 0 Å². The van der Waals surface area contributed by atoms with Gasteiger partial charge in [-0.3, -0.25) is 0 Å². The Balaban J connectivity index is 0.000000303. The van der Waals surface area contributed by atoms with E-state index in [1.165, 1.54) is 24.3 Å². The maximum atomic E-state index is 12.2. The predicted octanol–water partition coefficient (Wildman–Crippen LogP) is 5.08. The van der Waals surface area contributed by atoms with Crippen molar-refractivity contribution >= 4 is 23.9 Å². The van der Waals surface area contributed by atoms with E-state index in [0.717, 1.165) is 18.4 Å². The summed E-state index contributed by atoms with van der Waals surface area (Å²) in [6.07, 6.45) is 1.74. The normalized spacial score (nSPS) is 9.86. The lowest BCUT2D eigenvalue weighted by Crippen LogP contribution is -2.14. The number of carbonyl (C=O) groups is 4. The van der Waals surface area contributed by atoms with Gasteiger partial charge in [0, 0.05) is 0 Å². The number of aromatic carboxylic acids is 2. The summed E-state index contributed by atoms with van der Waals surface area (Å²) in [5.74, 6) is -3.48. The van der Waals surface area contributed by atoms with Crippen LogP contribution in [0.25, 0.3) is 0 Å². The van der Waals surface area contributed by atoms with Crippen molar-refractivity contribution in [1.29, 1.82) is 0 Å². The molecular weight excluding hydrogens is 452 g/mol. The first kappa shape index (κ1) is 26.8. The van der Waals surface area contributed by atoms with Crippen molar-refractivity contribution in [1.82, 2.24) is 0 Å². The van der Waals surface area contributed by atoms with Crippen molar-refractivity contribution < 1.29 is 38.9 Å². The molecule has 3 rings (SSSR count). The van der Waals surface area contributed by atoms with Crippen molar-refractivity contribution in [2.75, 3.05) is 6.61 Å². The lowest BCUT2D eigenvalue weighted by atomic mass is 10.1. The maximum Gasteiger partial charge on any atom is 0.339 e. The number of carboxylic acids is 2. The lowest BCUT2D eigenvalue weighted by molar-refractivity contribution is 0.0437. The SMILES string of the molecule is CCCCOC(=O)c1ccccc1C(=O)OCc1ccccc1.O=C(O)c1ccccc1C(=O)O. The Kier molecular flexibility index (Phi) is 10.7. The van der Waals surface area contributed by atoms with E-state index in [0.29, 0.717) is 6.61 Å². The number of esters is 2. The molecule has 0 atom stereocenters. The first-order chi connectivity index (χ1) is 16.8. The van der Waals surface area contributed by atoms with E-state index in [9.17, 15) is 19.2 Å². The number of unbranched alkanes of at least 4 members (excludes halogenated alkanes) is 1. The van der Waals surface area contributed by atoms with Crippen molar-refractivity contribution in [3.8, 4) is 0 Å². The van der Waals surface area contributed by atoms with Gasteiger partial charge in [-0.05, 0) is 36.2 Å². The highest BCUT2D eigenvalue weighted by Crippen LogP contribution is 2.14. The average molecular weight is 478 g/mol. The molecule has 0 aromatic heterocycles. The van der Waals surface area contributed by atoms with E-state index in [1.807, 2.05) is 37.3 Å². The van der Waals surface area contributed by atoms with Crippen LogP contribution < -0.4 is 0 Å². The Morgan fingerprint density at radius 2 is 1.06 bits per heavy atom. The van der Waals surface area contributed by atoms with E-state index in [1.54, 1.807) is 24.3 Å². The Morgan fingerprint density at radius 3 is 1.51 bits per heavy atom. The molecule has 0 aliphatic rings. The molecule has 0 unspecified atom stereocenters. The van der Waals surface area contributed by atoms with Gasteiger partial charge in [0.2, 0.25) is 0 Å². The van der Waals surface area contributed by atoms with Gasteiger partial charge in [0.15, 0.2) is 0 Å². The van der Waals surface area contributed by atoms with E-state index in [-0.39, 0.29) is 28.9 Å². The van der Waals surface area contributed by atoms with Gasteiger partial charge in [0.25, 0.3) is 0 Å². The molecule has 0 saturated heterocycles. The standard InChI is InChI=1S/C19H20O4.C8H6O4/c1-2-3-13-22-18(20)16-11-7-8-12-17(16)19(21)23-14-15-9-5-4-6-10-15;9-7(10)5-3-1-2-4-6(5)8(11)12/h4-12H,2-3,13-14H2,1H3;1-4H,(H,9,10)(H,11,12). The Morgan fingerprint density at radius 1 is 0.629 bits per heavy atom. The molecule has 0 heterocycles. The van der Waals surface area contributed by atoms with Gasteiger partial charge in [-0.25, -0.2) is 19.2 Å². The molecule has 182 valence electrons. The average Bonchev–Trinajstić information content (AvgIpc) is 2.88. The smallest absolute Gasteiger partial charge is 0.339 e. The van der Waals surface area contributed by atoms with Crippen molar-refractivity contribution in [3.05, 3.63) is 107 Å². The van der Waals surface area contributed by atoms with Gasteiger partial charge in [-0.2, -0.15) is 0 Å². The van der Waals surface area contributed by atoms with Crippen LogP contribution in [0.4, 0.5) is 0 Å². The second kappa shape index (κ2) is 13.9.